The van der Waals surface area contributed by atoms with Crippen molar-refractivity contribution in [3.8, 4) is 11.5 Å². The van der Waals surface area contributed by atoms with E-state index in [-0.39, 0.29) is 23.8 Å². The van der Waals surface area contributed by atoms with Crippen molar-refractivity contribution in [3.05, 3.63) is 29.3 Å². The average molecular weight is 344 g/mol. The highest BCUT2D eigenvalue weighted by atomic mass is 16.5. The van der Waals surface area contributed by atoms with Crippen LogP contribution in [0.2, 0.25) is 0 Å². The number of carbonyl (C=O) groups excluding carboxylic acids is 2. The van der Waals surface area contributed by atoms with E-state index < -0.39 is 0 Å². The Bertz CT molecular complexity index is 714. The molecule has 2 heterocycles. The van der Waals surface area contributed by atoms with Crippen molar-refractivity contribution in [2.24, 2.45) is 11.7 Å². The van der Waals surface area contributed by atoms with E-state index in [2.05, 4.69) is 0 Å². The molecule has 2 aliphatic rings. The first-order valence-electron chi connectivity index (χ1n) is 8.70. The van der Waals surface area contributed by atoms with Crippen LogP contribution in [0.25, 0.3) is 6.08 Å². The average Bonchev–Trinajstić information content (AvgIpc) is 3.18. The number of hydrogen-bond donors (Lipinski definition) is 1. The van der Waals surface area contributed by atoms with Crippen molar-refractivity contribution in [1.82, 2.24) is 4.90 Å². The summed E-state index contributed by atoms with van der Waals surface area (Å²) in [4.78, 5) is 25.2. The van der Waals surface area contributed by atoms with Gasteiger partial charge >= 0.3 is 0 Å². The molecule has 0 aromatic heterocycles. The van der Waals surface area contributed by atoms with Gasteiger partial charge in [-0.25, -0.2) is 0 Å². The quantitative estimate of drug-likeness (QED) is 0.825. The van der Waals surface area contributed by atoms with Gasteiger partial charge in [0.15, 0.2) is 0 Å². The summed E-state index contributed by atoms with van der Waals surface area (Å²) in [6.07, 6.45) is 4.91. The maximum atomic E-state index is 12.4. The van der Waals surface area contributed by atoms with Crippen molar-refractivity contribution >= 4 is 17.9 Å². The van der Waals surface area contributed by atoms with Gasteiger partial charge in [-0.05, 0) is 38.5 Å². The fourth-order valence-corrected chi connectivity index (χ4v) is 3.33. The Morgan fingerprint density at radius 3 is 2.92 bits per heavy atom. The minimum atomic E-state index is -0.345. The highest BCUT2D eigenvalue weighted by Gasteiger charge is 2.28. The summed E-state index contributed by atoms with van der Waals surface area (Å²) in [6.45, 7) is 5.46. The van der Waals surface area contributed by atoms with Gasteiger partial charge in [0.25, 0.3) is 0 Å². The molecule has 3 rings (SSSR count). The number of primary amides is 1. The molecule has 2 unspecified atom stereocenters. The third-order valence-corrected chi connectivity index (χ3v) is 4.64. The van der Waals surface area contributed by atoms with Gasteiger partial charge in [0.05, 0.1) is 12.5 Å². The largest absolute Gasteiger partial charge is 0.493 e. The third kappa shape index (κ3) is 3.78. The SMILES string of the molecule is CCOc1cc2c(cc1C=CC(=O)N1CCC(C(N)=O)C1)OC(C)C2. The lowest BCUT2D eigenvalue weighted by atomic mass is 10.1. The van der Waals surface area contributed by atoms with Crippen LogP contribution in [-0.4, -0.2) is 42.5 Å². The molecule has 2 atom stereocenters. The van der Waals surface area contributed by atoms with E-state index >= 15 is 0 Å². The van der Waals surface area contributed by atoms with E-state index in [4.69, 9.17) is 15.2 Å². The van der Waals surface area contributed by atoms with Crippen LogP contribution in [0.3, 0.4) is 0 Å². The maximum Gasteiger partial charge on any atom is 0.246 e. The van der Waals surface area contributed by atoms with Gasteiger partial charge in [0.2, 0.25) is 11.8 Å². The lowest BCUT2D eigenvalue weighted by molar-refractivity contribution is -0.125. The minimum absolute atomic E-state index is 0.124. The number of likely N-dealkylation sites (tertiary alicyclic amines) is 1. The molecule has 2 aliphatic heterocycles. The number of fused-ring (bicyclic) bond motifs is 1. The summed E-state index contributed by atoms with van der Waals surface area (Å²) in [5.41, 5.74) is 7.26. The molecule has 0 spiro atoms. The Labute approximate surface area is 147 Å². The number of hydrogen-bond acceptors (Lipinski definition) is 4. The Hall–Kier alpha value is -2.50. The molecule has 25 heavy (non-hydrogen) atoms. The zero-order chi connectivity index (χ0) is 18.0. The summed E-state index contributed by atoms with van der Waals surface area (Å²) < 4.78 is 11.5. The van der Waals surface area contributed by atoms with Crippen LogP contribution < -0.4 is 15.2 Å². The number of nitrogens with zero attached hydrogens (tertiary/aromatic N) is 1. The Balaban J connectivity index is 1.75. The fraction of sp³-hybridized carbons (Fsp3) is 0.474. The predicted octanol–water partition coefficient (Wildman–Crippen LogP) is 1.76. The monoisotopic (exact) mass is 344 g/mol. The van der Waals surface area contributed by atoms with Crippen molar-refractivity contribution < 1.29 is 19.1 Å². The first-order valence-corrected chi connectivity index (χ1v) is 8.70. The van der Waals surface area contributed by atoms with E-state index in [1.165, 1.54) is 6.08 Å². The number of ether oxygens (including phenoxy) is 2. The second-order valence-corrected chi connectivity index (χ2v) is 6.57. The van der Waals surface area contributed by atoms with Crippen LogP contribution in [0.5, 0.6) is 11.5 Å². The van der Waals surface area contributed by atoms with Gasteiger partial charge in [-0.3, -0.25) is 9.59 Å². The molecule has 134 valence electrons. The smallest absolute Gasteiger partial charge is 0.246 e. The first-order chi connectivity index (χ1) is 12.0. The highest BCUT2D eigenvalue weighted by molar-refractivity contribution is 5.93. The number of carbonyl (C=O) groups is 2. The van der Waals surface area contributed by atoms with Gasteiger partial charge in [-0.2, -0.15) is 0 Å². The first kappa shape index (κ1) is 17.3. The van der Waals surface area contributed by atoms with Gasteiger partial charge in [0.1, 0.15) is 17.6 Å². The lowest BCUT2D eigenvalue weighted by Gasteiger charge is -2.14. The van der Waals surface area contributed by atoms with Crippen LogP contribution in [-0.2, 0) is 16.0 Å². The van der Waals surface area contributed by atoms with E-state index in [9.17, 15) is 9.59 Å². The van der Waals surface area contributed by atoms with E-state index in [0.717, 1.165) is 29.0 Å². The molecular formula is C19H24N2O4. The van der Waals surface area contributed by atoms with Crippen molar-refractivity contribution in [2.45, 2.75) is 32.8 Å². The topological polar surface area (TPSA) is 81.9 Å². The normalized spacial score (nSPS) is 22.1. The van der Waals surface area contributed by atoms with Gasteiger partial charge in [-0.15, -0.1) is 0 Å². The van der Waals surface area contributed by atoms with Crippen molar-refractivity contribution in [2.75, 3.05) is 19.7 Å². The number of nitrogens with two attached hydrogens (primary N) is 1. The fourth-order valence-electron chi connectivity index (χ4n) is 3.33. The molecule has 1 fully saturated rings. The summed E-state index contributed by atoms with van der Waals surface area (Å²) in [5.74, 6) is 0.882. The van der Waals surface area contributed by atoms with Crippen molar-refractivity contribution in [1.29, 1.82) is 0 Å². The molecule has 1 aromatic carbocycles. The molecule has 6 nitrogen and oxygen atoms in total. The molecular weight excluding hydrogens is 320 g/mol. The van der Waals surface area contributed by atoms with Crippen LogP contribution in [0.4, 0.5) is 0 Å². The van der Waals surface area contributed by atoms with Gasteiger partial charge < -0.3 is 20.1 Å². The van der Waals surface area contributed by atoms with Gasteiger partial charge in [0, 0.05) is 36.7 Å². The minimum Gasteiger partial charge on any atom is -0.493 e. The highest BCUT2D eigenvalue weighted by Crippen LogP contribution is 2.35. The second-order valence-electron chi connectivity index (χ2n) is 6.57. The van der Waals surface area contributed by atoms with Crippen LogP contribution in [0.15, 0.2) is 18.2 Å². The number of rotatable bonds is 5. The molecule has 2 N–H and O–H groups in total. The lowest BCUT2D eigenvalue weighted by Crippen LogP contribution is -2.30. The van der Waals surface area contributed by atoms with E-state index in [0.29, 0.717) is 26.1 Å². The third-order valence-electron chi connectivity index (χ3n) is 4.64. The standard InChI is InChI=1S/C19H24N2O4/c1-3-24-16-10-15-8-12(2)25-17(15)9-13(16)4-5-18(22)21-7-6-14(11-21)19(20)23/h4-5,9-10,12,14H,3,6-8,11H2,1-2H3,(H2,20,23). The maximum absolute atomic E-state index is 12.4. The molecule has 1 saturated heterocycles. The van der Waals surface area contributed by atoms with Crippen LogP contribution >= 0.6 is 0 Å². The zero-order valence-electron chi connectivity index (χ0n) is 14.7. The summed E-state index contributed by atoms with van der Waals surface area (Å²) in [5, 5.41) is 0. The Kier molecular flexibility index (Phi) is 4.97. The van der Waals surface area contributed by atoms with E-state index in [1.807, 2.05) is 26.0 Å². The molecule has 1 aromatic rings. The predicted molar refractivity (Wildman–Crippen MR) is 94.3 cm³/mol. The van der Waals surface area contributed by atoms with Crippen LogP contribution in [0, 0.1) is 5.92 Å². The summed E-state index contributed by atoms with van der Waals surface area (Å²) in [6, 6.07) is 3.91. The zero-order valence-corrected chi connectivity index (χ0v) is 14.7. The van der Waals surface area contributed by atoms with E-state index in [1.54, 1.807) is 11.0 Å². The molecule has 0 bridgehead atoms. The van der Waals surface area contributed by atoms with Gasteiger partial charge in [-0.1, -0.05) is 0 Å². The summed E-state index contributed by atoms with van der Waals surface area (Å²) in [7, 11) is 0. The Morgan fingerprint density at radius 1 is 1.44 bits per heavy atom. The van der Waals surface area contributed by atoms with Crippen LogP contribution in [0.1, 0.15) is 31.4 Å². The molecule has 6 heteroatoms. The molecule has 2 amide bonds. The molecule has 0 saturated carbocycles. The second kappa shape index (κ2) is 7.17. The Morgan fingerprint density at radius 2 is 2.24 bits per heavy atom. The molecule has 0 aliphatic carbocycles. The summed E-state index contributed by atoms with van der Waals surface area (Å²) >= 11 is 0. The molecule has 0 radical (unpaired) electrons. The number of amides is 2. The number of benzene rings is 1. The van der Waals surface area contributed by atoms with Crippen molar-refractivity contribution in [3.63, 3.8) is 0 Å².